The SMILES string of the molecule is CC(C)(C)c1ccc2c(c1)C1(C)C=CC(=O)CC1O2. The van der Waals surface area contributed by atoms with Gasteiger partial charge in [0, 0.05) is 12.0 Å². The molecular formula is C17H20O2. The third-order valence-electron chi connectivity index (χ3n) is 4.37. The number of allylic oxidation sites excluding steroid dienone is 1. The summed E-state index contributed by atoms with van der Waals surface area (Å²) < 4.78 is 5.98. The van der Waals surface area contributed by atoms with Gasteiger partial charge in [0.2, 0.25) is 0 Å². The molecule has 1 aromatic carbocycles. The Balaban J connectivity index is 2.12. The maximum atomic E-state index is 11.6. The quantitative estimate of drug-likeness (QED) is 0.709. The van der Waals surface area contributed by atoms with Crippen molar-refractivity contribution in [3.8, 4) is 5.75 Å². The predicted molar refractivity (Wildman–Crippen MR) is 75.7 cm³/mol. The number of ketones is 1. The van der Waals surface area contributed by atoms with E-state index in [2.05, 4.69) is 45.9 Å². The average Bonchev–Trinajstić information content (AvgIpc) is 2.60. The van der Waals surface area contributed by atoms with E-state index in [-0.39, 0.29) is 22.7 Å². The van der Waals surface area contributed by atoms with Gasteiger partial charge in [-0.05, 0) is 30.0 Å². The first-order valence-corrected chi connectivity index (χ1v) is 6.84. The van der Waals surface area contributed by atoms with Crippen LogP contribution in [-0.4, -0.2) is 11.9 Å². The number of rotatable bonds is 0. The fourth-order valence-corrected chi connectivity index (χ4v) is 2.94. The molecule has 2 unspecified atom stereocenters. The molecule has 0 saturated heterocycles. The van der Waals surface area contributed by atoms with Crippen molar-refractivity contribution in [1.29, 1.82) is 0 Å². The summed E-state index contributed by atoms with van der Waals surface area (Å²) in [6.07, 6.45) is 4.16. The van der Waals surface area contributed by atoms with Crippen LogP contribution in [0, 0.1) is 0 Å². The van der Waals surface area contributed by atoms with Crippen molar-refractivity contribution >= 4 is 5.78 Å². The van der Waals surface area contributed by atoms with Gasteiger partial charge in [-0.2, -0.15) is 0 Å². The summed E-state index contributed by atoms with van der Waals surface area (Å²) in [6.45, 7) is 8.80. The molecule has 1 aliphatic heterocycles. The van der Waals surface area contributed by atoms with Crippen molar-refractivity contribution in [2.45, 2.75) is 51.0 Å². The van der Waals surface area contributed by atoms with Gasteiger partial charge >= 0.3 is 0 Å². The van der Waals surface area contributed by atoms with Gasteiger partial charge in [0.15, 0.2) is 5.78 Å². The highest BCUT2D eigenvalue weighted by molar-refractivity contribution is 5.92. The topological polar surface area (TPSA) is 26.3 Å². The monoisotopic (exact) mass is 256 g/mol. The van der Waals surface area contributed by atoms with Crippen LogP contribution in [0.15, 0.2) is 30.4 Å². The average molecular weight is 256 g/mol. The molecule has 0 amide bonds. The molecule has 100 valence electrons. The zero-order valence-corrected chi connectivity index (χ0v) is 12.0. The number of carbonyl (C=O) groups is 1. The number of hydrogen-bond acceptors (Lipinski definition) is 2. The second kappa shape index (κ2) is 3.72. The maximum absolute atomic E-state index is 11.6. The van der Waals surface area contributed by atoms with Gasteiger partial charge in [0.1, 0.15) is 11.9 Å². The lowest BCUT2D eigenvalue weighted by molar-refractivity contribution is -0.117. The molecule has 1 aromatic rings. The highest BCUT2D eigenvalue weighted by Gasteiger charge is 2.46. The Morgan fingerprint density at radius 2 is 2.05 bits per heavy atom. The largest absolute Gasteiger partial charge is 0.488 e. The molecule has 0 saturated carbocycles. The van der Waals surface area contributed by atoms with Crippen LogP contribution in [0.3, 0.4) is 0 Å². The zero-order valence-electron chi connectivity index (χ0n) is 12.0. The van der Waals surface area contributed by atoms with Crippen molar-refractivity contribution in [3.05, 3.63) is 41.5 Å². The number of hydrogen-bond donors (Lipinski definition) is 0. The summed E-state index contributed by atoms with van der Waals surface area (Å²) in [6, 6.07) is 6.43. The van der Waals surface area contributed by atoms with Crippen molar-refractivity contribution in [2.24, 2.45) is 0 Å². The highest BCUT2D eigenvalue weighted by atomic mass is 16.5. The molecule has 2 heteroatoms. The molecule has 1 heterocycles. The van der Waals surface area contributed by atoms with Crippen LogP contribution in [0.1, 0.15) is 45.2 Å². The lowest BCUT2D eigenvalue weighted by atomic mass is 9.73. The van der Waals surface area contributed by atoms with Gasteiger partial charge in [-0.25, -0.2) is 0 Å². The molecule has 19 heavy (non-hydrogen) atoms. The Morgan fingerprint density at radius 1 is 1.32 bits per heavy atom. The van der Waals surface area contributed by atoms with E-state index in [0.29, 0.717) is 6.42 Å². The summed E-state index contributed by atoms with van der Waals surface area (Å²) in [4.78, 5) is 11.6. The fraction of sp³-hybridized carbons (Fsp3) is 0.471. The lowest BCUT2D eigenvalue weighted by Crippen LogP contribution is -2.38. The van der Waals surface area contributed by atoms with Crippen LogP contribution in [0.5, 0.6) is 5.75 Å². The molecule has 0 bridgehead atoms. The fourth-order valence-electron chi connectivity index (χ4n) is 2.94. The van der Waals surface area contributed by atoms with Crippen molar-refractivity contribution in [3.63, 3.8) is 0 Å². The molecule has 0 spiro atoms. The smallest absolute Gasteiger partial charge is 0.159 e. The van der Waals surface area contributed by atoms with Gasteiger partial charge in [-0.1, -0.05) is 39.0 Å². The number of fused-ring (bicyclic) bond motifs is 3. The van der Waals surface area contributed by atoms with Gasteiger partial charge in [-0.15, -0.1) is 0 Å². The lowest BCUT2D eigenvalue weighted by Gasteiger charge is -2.30. The van der Waals surface area contributed by atoms with Crippen LogP contribution in [-0.2, 0) is 15.6 Å². The van der Waals surface area contributed by atoms with E-state index >= 15 is 0 Å². The summed E-state index contributed by atoms with van der Waals surface area (Å²) in [5.41, 5.74) is 2.48. The van der Waals surface area contributed by atoms with E-state index in [1.807, 2.05) is 6.08 Å². The molecule has 1 aliphatic carbocycles. The van der Waals surface area contributed by atoms with Crippen LogP contribution >= 0.6 is 0 Å². The minimum absolute atomic E-state index is 0.0461. The first-order valence-electron chi connectivity index (χ1n) is 6.84. The van der Waals surface area contributed by atoms with Crippen molar-refractivity contribution < 1.29 is 9.53 Å². The number of ether oxygens (including phenoxy) is 1. The van der Waals surface area contributed by atoms with E-state index in [4.69, 9.17) is 4.74 Å². The van der Waals surface area contributed by atoms with Crippen molar-refractivity contribution in [1.82, 2.24) is 0 Å². The maximum Gasteiger partial charge on any atom is 0.159 e. The molecule has 2 aliphatic rings. The Hall–Kier alpha value is -1.57. The van der Waals surface area contributed by atoms with Crippen LogP contribution in [0.2, 0.25) is 0 Å². The van der Waals surface area contributed by atoms with Gasteiger partial charge in [0.05, 0.1) is 5.41 Å². The Labute approximate surface area is 114 Å². The van der Waals surface area contributed by atoms with Crippen LogP contribution in [0.4, 0.5) is 0 Å². The summed E-state index contributed by atoms with van der Waals surface area (Å²) in [5, 5.41) is 0. The molecule has 0 fully saturated rings. The third kappa shape index (κ3) is 1.81. The van der Waals surface area contributed by atoms with E-state index in [1.54, 1.807) is 6.08 Å². The molecule has 0 aromatic heterocycles. The molecule has 2 atom stereocenters. The number of benzene rings is 1. The third-order valence-corrected chi connectivity index (χ3v) is 4.37. The molecular weight excluding hydrogens is 236 g/mol. The number of carbonyl (C=O) groups excluding carboxylic acids is 1. The Kier molecular flexibility index (Phi) is 2.44. The second-order valence-corrected chi connectivity index (χ2v) is 6.85. The van der Waals surface area contributed by atoms with Crippen molar-refractivity contribution in [2.75, 3.05) is 0 Å². The zero-order chi connectivity index (χ0) is 13.8. The molecule has 2 nitrogen and oxygen atoms in total. The first kappa shape index (κ1) is 12.5. The Morgan fingerprint density at radius 3 is 2.74 bits per heavy atom. The predicted octanol–water partition coefficient (Wildman–Crippen LogP) is 3.53. The molecule has 0 N–H and O–H groups in total. The van der Waals surface area contributed by atoms with E-state index in [1.165, 1.54) is 11.1 Å². The minimum atomic E-state index is -0.162. The van der Waals surface area contributed by atoms with Crippen LogP contribution in [0.25, 0.3) is 0 Å². The molecule has 3 rings (SSSR count). The molecule has 0 radical (unpaired) electrons. The standard InChI is InChI=1S/C17H20O2/c1-16(2,3)11-5-6-14-13(9-11)17(4)8-7-12(18)10-15(17)19-14/h5-9,15H,10H2,1-4H3. The highest BCUT2D eigenvalue weighted by Crippen LogP contribution is 2.48. The van der Waals surface area contributed by atoms with Gasteiger partial charge in [0.25, 0.3) is 0 Å². The van der Waals surface area contributed by atoms with Crippen LogP contribution < -0.4 is 4.74 Å². The summed E-state index contributed by atoms with van der Waals surface area (Å²) in [7, 11) is 0. The summed E-state index contributed by atoms with van der Waals surface area (Å²) >= 11 is 0. The van der Waals surface area contributed by atoms with Gasteiger partial charge < -0.3 is 4.74 Å². The van der Waals surface area contributed by atoms with E-state index < -0.39 is 0 Å². The normalized spacial score (nSPS) is 28.8. The Bertz CT molecular complexity index is 577. The summed E-state index contributed by atoms with van der Waals surface area (Å²) in [5.74, 6) is 1.09. The minimum Gasteiger partial charge on any atom is -0.488 e. The van der Waals surface area contributed by atoms with Gasteiger partial charge in [-0.3, -0.25) is 4.79 Å². The second-order valence-electron chi connectivity index (χ2n) is 6.85. The van der Waals surface area contributed by atoms with E-state index in [0.717, 1.165) is 5.75 Å². The van der Waals surface area contributed by atoms with E-state index in [9.17, 15) is 4.79 Å². The first-order chi connectivity index (χ1) is 8.80.